The highest BCUT2D eigenvalue weighted by Gasteiger charge is 2.40. The van der Waals surface area contributed by atoms with Crippen LogP contribution in [-0.4, -0.2) is 53.3 Å². The van der Waals surface area contributed by atoms with Crippen LogP contribution >= 0.6 is 11.3 Å². The molecule has 0 bridgehead atoms. The molecular weight excluding hydrogens is 570 g/mol. The maximum Gasteiger partial charge on any atom is 0.255 e. The molecule has 222 valence electrons. The summed E-state index contributed by atoms with van der Waals surface area (Å²) in [7, 11) is 1.40. The number of benzene rings is 3. The van der Waals surface area contributed by atoms with Crippen molar-refractivity contribution in [2.75, 3.05) is 32.1 Å². The lowest BCUT2D eigenvalue weighted by Gasteiger charge is -2.31. The van der Waals surface area contributed by atoms with Crippen molar-refractivity contribution in [1.29, 1.82) is 0 Å². The Morgan fingerprint density at radius 2 is 1.86 bits per heavy atom. The molecule has 3 heterocycles. The van der Waals surface area contributed by atoms with E-state index < -0.39 is 29.5 Å². The number of nitrogens with one attached hydrogen (secondary N) is 1. The monoisotopic (exact) mass is 602 g/mol. The molecule has 2 amide bonds. The van der Waals surface area contributed by atoms with Crippen molar-refractivity contribution in [3.63, 3.8) is 0 Å². The van der Waals surface area contributed by atoms with E-state index in [2.05, 4.69) is 34.3 Å². The minimum Gasteiger partial charge on any atom is -0.496 e. The Morgan fingerprint density at radius 3 is 2.53 bits per heavy atom. The van der Waals surface area contributed by atoms with Crippen LogP contribution < -0.4 is 10.1 Å². The summed E-state index contributed by atoms with van der Waals surface area (Å²) in [5.41, 5.74) is 3.16. The maximum atomic E-state index is 15.6. The molecule has 2 aliphatic rings. The first-order chi connectivity index (χ1) is 20.9. The molecule has 2 aliphatic heterocycles. The predicted octanol–water partition coefficient (Wildman–Crippen LogP) is 6.63. The average molecular weight is 603 g/mol. The smallest absolute Gasteiger partial charge is 0.255 e. The number of likely N-dealkylation sites (tertiary alicyclic amines) is 1. The molecule has 6 rings (SSSR count). The van der Waals surface area contributed by atoms with Gasteiger partial charge in [-0.05, 0) is 85.4 Å². The Bertz CT molecular complexity index is 1640. The zero-order chi connectivity index (χ0) is 30.1. The number of amides is 2. The molecule has 1 aromatic heterocycles. The van der Waals surface area contributed by atoms with Crippen LogP contribution in [0.25, 0.3) is 11.1 Å². The molecule has 0 saturated carbocycles. The van der Waals surface area contributed by atoms with Crippen LogP contribution in [0.15, 0.2) is 66.2 Å². The van der Waals surface area contributed by atoms with Crippen molar-refractivity contribution in [3.8, 4) is 16.9 Å². The highest BCUT2D eigenvalue weighted by atomic mass is 32.1. The van der Waals surface area contributed by atoms with Gasteiger partial charge in [-0.25, -0.2) is 13.8 Å². The first kappa shape index (κ1) is 28.9. The standard InChI is InChI=1S/C33H32F2N4O3S/c1-3-38-13-10-22(11-14-38)20-4-6-21(7-5-20)23-16-25-27(28(35)17-23)19-39(32(25)41)30(31(40)37-33-36-12-15-43-33)26-18-24(34)8-9-29(26)42-2/h4-9,12,15-18,22,30H,3,10-11,13-14,19H2,1-2H3,(H,36,37,40). The van der Waals surface area contributed by atoms with Crippen molar-refractivity contribution in [3.05, 3.63) is 100 Å². The third kappa shape index (κ3) is 5.77. The number of hydrogen-bond acceptors (Lipinski definition) is 6. The molecule has 7 nitrogen and oxygen atoms in total. The van der Waals surface area contributed by atoms with Crippen molar-refractivity contribution in [2.24, 2.45) is 0 Å². The van der Waals surface area contributed by atoms with E-state index in [1.165, 1.54) is 53.3 Å². The number of hydrogen-bond donors (Lipinski definition) is 1. The molecule has 0 aliphatic carbocycles. The Kier molecular flexibility index (Phi) is 8.23. The number of ether oxygens (including phenoxy) is 1. The second kappa shape index (κ2) is 12.2. The molecule has 0 radical (unpaired) electrons. The summed E-state index contributed by atoms with van der Waals surface area (Å²) in [5, 5.41) is 4.72. The molecule has 1 fully saturated rings. The van der Waals surface area contributed by atoms with Gasteiger partial charge in [-0.3, -0.25) is 14.9 Å². The lowest BCUT2D eigenvalue weighted by molar-refractivity contribution is -0.120. The molecule has 1 saturated heterocycles. The number of fused-ring (bicyclic) bond motifs is 1. The number of nitrogens with zero attached hydrogens (tertiary/aromatic N) is 3. The summed E-state index contributed by atoms with van der Waals surface area (Å²) >= 11 is 1.21. The van der Waals surface area contributed by atoms with Crippen LogP contribution in [0.1, 0.15) is 58.8 Å². The number of halogens is 2. The number of anilines is 1. The zero-order valence-corrected chi connectivity index (χ0v) is 24.8. The number of methoxy groups -OCH3 is 1. The molecule has 1 N–H and O–H groups in total. The van der Waals surface area contributed by atoms with Gasteiger partial charge in [0.1, 0.15) is 23.4 Å². The number of piperidine rings is 1. The normalized spacial score (nSPS) is 16.3. The summed E-state index contributed by atoms with van der Waals surface area (Å²) in [6.07, 6.45) is 3.75. The van der Waals surface area contributed by atoms with E-state index in [4.69, 9.17) is 4.74 Å². The van der Waals surface area contributed by atoms with Crippen LogP contribution in [0.2, 0.25) is 0 Å². The van der Waals surface area contributed by atoms with Gasteiger partial charge in [0.25, 0.3) is 11.8 Å². The third-order valence-electron chi connectivity index (χ3n) is 8.47. The summed E-state index contributed by atoms with van der Waals surface area (Å²) in [6, 6.07) is 13.7. The summed E-state index contributed by atoms with van der Waals surface area (Å²) < 4.78 is 35.5. The van der Waals surface area contributed by atoms with Crippen molar-refractivity contribution in [2.45, 2.75) is 38.3 Å². The molecule has 43 heavy (non-hydrogen) atoms. The first-order valence-electron chi connectivity index (χ1n) is 14.4. The van der Waals surface area contributed by atoms with Crippen LogP contribution in [0.4, 0.5) is 13.9 Å². The van der Waals surface area contributed by atoms with E-state index >= 15 is 4.39 Å². The van der Waals surface area contributed by atoms with E-state index in [0.29, 0.717) is 16.6 Å². The van der Waals surface area contributed by atoms with Gasteiger partial charge in [0, 0.05) is 28.3 Å². The van der Waals surface area contributed by atoms with Crippen molar-refractivity contribution < 1.29 is 23.1 Å². The highest BCUT2D eigenvalue weighted by molar-refractivity contribution is 7.13. The van der Waals surface area contributed by atoms with Crippen LogP contribution in [0.3, 0.4) is 0 Å². The number of aromatic nitrogens is 1. The minimum atomic E-state index is -1.30. The Morgan fingerprint density at radius 1 is 1.09 bits per heavy atom. The van der Waals surface area contributed by atoms with Gasteiger partial charge in [-0.15, -0.1) is 11.3 Å². The van der Waals surface area contributed by atoms with Gasteiger partial charge in [-0.1, -0.05) is 31.2 Å². The van der Waals surface area contributed by atoms with Crippen molar-refractivity contribution in [1.82, 2.24) is 14.8 Å². The average Bonchev–Trinajstić information content (AvgIpc) is 3.66. The van der Waals surface area contributed by atoms with Gasteiger partial charge in [0.2, 0.25) is 0 Å². The van der Waals surface area contributed by atoms with Crippen LogP contribution in [-0.2, 0) is 11.3 Å². The van der Waals surface area contributed by atoms with Gasteiger partial charge in [-0.2, -0.15) is 0 Å². The van der Waals surface area contributed by atoms with E-state index in [1.54, 1.807) is 11.4 Å². The van der Waals surface area contributed by atoms with Gasteiger partial charge < -0.3 is 14.5 Å². The maximum absolute atomic E-state index is 15.6. The Labute approximate surface area is 253 Å². The van der Waals surface area contributed by atoms with E-state index in [-0.39, 0.29) is 29.0 Å². The topological polar surface area (TPSA) is 74.8 Å². The summed E-state index contributed by atoms with van der Waals surface area (Å²) in [4.78, 5) is 35.3. The fraction of sp³-hybridized carbons (Fsp3) is 0.303. The molecule has 4 aromatic rings. The summed E-state index contributed by atoms with van der Waals surface area (Å²) in [5.74, 6) is -1.55. The number of rotatable bonds is 8. The van der Waals surface area contributed by atoms with E-state index in [9.17, 15) is 14.0 Å². The molecule has 10 heteroatoms. The molecule has 3 aromatic carbocycles. The lowest BCUT2D eigenvalue weighted by Crippen LogP contribution is -2.38. The van der Waals surface area contributed by atoms with Crippen molar-refractivity contribution >= 4 is 28.3 Å². The first-order valence-corrected chi connectivity index (χ1v) is 15.2. The minimum absolute atomic E-state index is 0.152. The Balaban J connectivity index is 1.30. The van der Waals surface area contributed by atoms with Gasteiger partial charge in [0.05, 0.1) is 13.7 Å². The highest BCUT2D eigenvalue weighted by Crippen LogP contribution is 2.39. The molecule has 0 spiro atoms. The fourth-order valence-corrected chi connectivity index (χ4v) is 6.65. The van der Waals surface area contributed by atoms with Gasteiger partial charge >= 0.3 is 0 Å². The molecular formula is C33H32F2N4O3S. The lowest BCUT2D eigenvalue weighted by atomic mass is 9.88. The SMILES string of the molecule is CCN1CCC(c2ccc(-c3cc(F)c4c(c3)C(=O)N(C(C(=O)Nc3nccs3)c3cc(F)ccc3OC)C4)cc2)CC1. The molecule has 1 atom stereocenters. The Hall–Kier alpha value is -4.15. The van der Waals surface area contributed by atoms with Gasteiger partial charge in [0.15, 0.2) is 5.13 Å². The fourth-order valence-electron chi connectivity index (χ4n) is 6.12. The van der Waals surface area contributed by atoms with Crippen LogP contribution in [0.5, 0.6) is 5.75 Å². The zero-order valence-electron chi connectivity index (χ0n) is 24.0. The largest absolute Gasteiger partial charge is 0.496 e. The predicted molar refractivity (Wildman–Crippen MR) is 162 cm³/mol. The van der Waals surface area contributed by atoms with E-state index in [1.807, 2.05) is 12.1 Å². The number of thiazole rings is 1. The quantitative estimate of drug-likeness (QED) is 0.245. The van der Waals surface area contributed by atoms with Crippen LogP contribution in [0, 0.1) is 11.6 Å². The number of carbonyl (C=O) groups excluding carboxylic acids is 2. The van der Waals surface area contributed by atoms with E-state index in [0.717, 1.165) is 44.1 Å². The second-order valence-corrected chi connectivity index (χ2v) is 11.8. The summed E-state index contributed by atoms with van der Waals surface area (Å²) in [6.45, 7) is 5.26. The number of carbonyl (C=O) groups is 2. The second-order valence-electron chi connectivity index (χ2n) is 10.9. The molecule has 1 unspecified atom stereocenters. The third-order valence-corrected chi connectivity index (χ3v) is 9.16.